The Kier molecular flexibility index (Phi) is 3.85. The quantitative estimate of drug-likeness (QED) is 0.917. The first-order chi connectivity index (χ1) is 9.13. The number of amides is 1. The summed E-state index contributed by atoms with van der Waals surface area (Å²) in [5, 5.41) is 7.10. The summed E-state index contributed by atoms with van der Waals surface area (Å²) in [4.78, 5) is 12.2. The maximum absolute atomic E-state index is 12.2. The van der Waals surface area contributed by atoms with Crippen molar-refractivity contribution in [1.29, 1.82) is 0 Å². The van der Waals surface area contributed by atoms with E-state index in [-0.39, 0.29) is 5.91 Å². The Morgan fingerprint density at radius 3 is 2.89 bits per heavy atom. The SMILES string of the molecule is CCn1nc(C)cc1C(=O)Nc1cccc(OC)c1. The predicted octanol–water partition coefficient (Wildman–Crippen LogP) is 2.47. The highest BCUT2D eigenvalue weighted by atomic mass is 16.5. The molecular weight excluding hydrogens is 242 g/mol. The molecule has 0 spiro atoms. The number of hydrogen-bond donors (Lipinski definition) is 1. The summed E-state index contributed by atoms with van der Waals surface area (Å²) in [6, 6.07) is 9.03. The van der Waals surface area contributed by atoms with Crippen LogP contribution >= 0.6 is 0 Å². The van der Waals surface area contributed by atoms with Crippen LogP contribution in [-0.2, 0) is 6.54 Å². The van der Waals surface area contributed by atoms with Crippen LogP contribution in [0.2, 0.25) is 0 Å². The zero-order valence-electron chi connectivity index (χ0n) is 11.3. The molecular formula is C14H17N3O2. The largest absolute Gasteiger partial charge is 0.497 e. The molecule has 0 fully saturated rings. The van der Waals surface area contributed by atoms with E-state index in [1.54, 1.807) is 23.9 Å². The van der Waals surface area contributed by atoms with Crippen molar-refractivity contribution in [3.05, 3.63) is 41.7 Å². The van der Waals surface area contributed by atoms with E-state index in [1.165, 1.54) is 0 Å². The Morgan fingerprint density at radius 2 is 2.21 bits per heavy atom. The molecule has 0 atom stereocenters. The van der Waals surface area contributed by atoms with Crippen molar-refractivity contribution in [2.75, 3.05) is 12.4 Å². The number of carbonyl (C=O) groups is 1. The number of ether oxygens (including phenoxy) is 1. The zero-order chi connectivity index (χ0) is 13.8. The lowest BCUT2D eigenvalue weighted by atomic mass is 10.3. The molecule has 0 unspecified atom stereocenters. The molecule has 0 saturated carbocycles. The standard InChI is InChI=1S/C14H17N3O2/c1-4-17-13(8-10(2)16-17)14(18)15-11-6-5-7-12(9-11)19-3/h5-9H,4H2,1-3H3,(H,15,18). The fourth-order valence-electron chi connectivity index (χ4n) is 1.87. The molecule has 0 saturated heterocycles. The molecule has 1 heterocycles. The summed E-state index contributed by atoms with van der Waals surface area (Å²) in [5.74, 6) is 0.536. The maximum Gasteiger partial charge on any atom is 0.273 e. The molecule has 19 heavy (non-hydrogen) atoms. The fraction of sp³-hybridized carbons (Fsp3) is 0.286. The van der Waals surface area contributed by atoms with Crippen molar-refractivity contribution in [1.82, 2.24) is 9.78 Å². The lowest BCUT2D eigenvalue weighted by molar-refractivity contribution is 0.101. The number of hydrogen-bond acceptors (Lipinski definition) is 3. The first-order valence-electron chi connectivity index (χ1n) is 6.14. The molecule has 1 aromatic heterocycles. The molecule has 5 nitrogen and oxygen atoms in total. The van der Waals surface area contributed by atoms with Crippen LogP contribution in [0.1, 0.15) is 23.1 Å². The van der Waals surface area contributed by atoms with Crippen molar-refractivity contribution < 1.29 is 9.53 Å². The molecule has 5 heteroatoms. The van der Waals surface area contributed by atoms with Crippen LogP contribution in [0.25, 0.3) is 0 Å². The Hall–Kier alpha value is -2.30. The van der Waals surface area contributed by atoms with Gasteiger partial charge in [-0.05, 0) is 32.0 Å². The van der Waals surface area contributed by atoms with E-state index in [0.29, 0.717) is 23.7 Å². The molecule has 0 bridgehead atoms. The summed E-state index contributed by atoms with van der Waals surface area (Å²) in [6.45, 7) is 4.48. The molecule has 0 radical (unpaired) electrons. The molecule has 1 aromatic carbocycles. The van der Waals surface area contributed by atoms with Gasteiger partial charge in [-0.3, -0.25) is 9.48 Å². The van der Waals surface area contributed by atoms with Crippen LogP contribution in [0.15, 0.2) is 30.3 Å². The number of methoxy groups -OCH3 is 1. The van der Waals surface area contributed by atoms with E-state index in [1.807, 2.05) is 32.0 Å². The Labute approximate surface area is 112 Å². The molecule has 1 N–H and O–H groups in total. The number of nitrogens with one attached hydrogen (secondary N) is 1. The Morgan fingerprint density at radius 1 is 1.42 bits per heavy atom. The van der Waals surface area contributed by atoms with Crippen molar-refractivity contribution in [2.45, 2.75) is 20.4 Å². The summed E-state index contributed by atoms with van der Waals surface area (Å²) in [7, 11) is 1.59. The van der Waals surface area contributed by atoms with E-state index in [0.717, 1.165) is 5.69 Å². The van der Waals surface area contributed by atoms with Gasteiger partial charge in [-0.15, -0.1) is 0 Å². The molecule has 2 rings (SSSR count). The van der Waals surface area contributed by atoms with Crippen LogP contribution in [0.5, 0.6) is 5.75 Å². The minimum Gasteiger partial charge on any atom is -0.497 e. The predicted molar refractivity (Wildman–Crippen MR) is 73.6 cm³/mol. The highest BCUT2D eigenvalue weighted by Crippen LogP contribution is 2.17. The third-order valence-corrected chi connectivity index (χ3v) is 2.76. The molecule has 0 aliphatic rings. The van der Waals surface area contributed by atoms with Crippen molar-refractivity contribution in [3.63, 3.8) is 0 Å². The second kappa shape index (κ2) is 5.56. The number of carbonyl (C=O) groups excluding carboxylic acids is 1. The number of anilines is 1. The van der Waals surface area contributed by atoms with E-state index in [9.17, 15) is 4.79 Å². The highest BCUT2D eigenvalue weighted by Gasteiger charge is 2.13. The third-order valence-electron chi connectivity index (χ3n) is 2.76. The summed E-state index contributed by atoms with van der Waals surface area (Å²) in [5.41, 5.74) is 2.09. The second-order valence-electron chi connectivity index (χ2n) is 4.17. The van der Waals surface area contributed by atoms with Crippen molar-refractivity contribution in [2.24, 2.45) is 0 Å². The first-order valence-corrected chi connectivity index (χ1v) is 6.14. The van der Waals surface area contributed by atoms with Crippen molar-refractivity contribution in [3.8, 4) is 5.75 Å². The van der Waals surface area contributed by atoms with Gasteiger partial charge in [0.15, 0.2) is 0 Å². The average Bonchev–Trinajstić information content (AvgIpc) is 2.80. The highest BCUT2D eigenvalue weighted by molar-refractivity contribution is 6.03. The average molecular weight is 259 g/mol. The molecule has 1 amide bonds. The monoisotopic (exact) mass is 259 g/mol. The van der Waals surface area contributed by atoms with E-state index < -0.39 is 0 Å². The minimum atomic E-state index is -0.171. The fourth-order valence-corrected chi connectivity index (χ4v) is 1.87. The normalized spacial score (nSPS) is 10.3. The lowest BCUT2D eigenvalue weighted by Crippen LogP contribution is -2.17. The Balaban J connectivity index is 2.20. The summed E-state index contributed by atoms with van der Waals surface area (Å²) in [6.07, 6.45) is 0. The van der Waals surface area contributed by atoms with Gasteiger partial charge in [-0.2, -0.15) is 5.10 Å². The molecule has 0 aliphatic heterocycles. The van der Waals surface area contributed by atoms with Gasteiger partial charge in [0, 0.05) is 18.3 Å². The van der Waals surface area contributed by atoms with Gasteiger partial charge in [0.05, 0.1) is 12.8 Å². The molecule has 0 aliphatic carbocycles. The third kappa shape index (κ3) is 2.93. The van der Waals surface area contributed by atoms with Gasteiger partial charge >= 0.3 is 0 Å². The minimum absolute atomic E-state index is 0.171. The van der Waals surface area contributed by atoms with Gasteiger partial charge in [0.25, 0.3) is 5.91 Å². The molecule has 100 valence electrons. The number of aromatic nitrogens is 2. The lowest BCUT2D eigenvalue weighted by Gasteiger charge is -2.07. The number of aryl methyl sites for hydroxylation is 2. The smallest absolute Gasteiger partial charge is 0.273 e. The van der Waals surface area contributed by atoms with Gasteiger partial charge in [-0.1, -0.05) is 6.07 Å². The Bertz CT molecular complexity index is 590. The zero-order valence-corrected chi connectivity index (χ0v) is 11.3. The van der Waals surface area contributed by atoms with Crippen LogP contribution in [0.3, 0.4) is 0 Å². The van der Waals surface area contributed by atoms with E-state index in [4.69, 9.17) is 4.74 Å². The van der Waals surface area contributed by atoms with Crippen LogP contribution in [0, 0.1) is 6.92 Å². The number of rotatable bonds is 4. The van der Waals surface area contributed by atoms with E-state index >= 15 is 0 Å². The van der Waals surface area contributed by atoms with Crippen molar-refractivity contribution >= 4 is 11.6 Å². The summed E-state index contributed by atoms with van der Waals surface area (Å²) >= 11 is 0. The van der Waals surface area contributed by atoms with Gasteiger partial charge < -0.3 is 10.1 Å². The molecule has 2 aromatic rings. The van der Waals surface area contributed by atoms with Crippen LogP contribution < -0.4 is 10.1 Å². The van der Waals surface area contributed by atoms with Gasteiger partial charge in [0.1, 0.15) is 11.4 Å². The second-order valence-corrected chi connectivity index (χ2v) is 4.17. The van der Waals surface area contributed by atoms with Gasteiger partial charge in [-0.25, -0.2) is 0 Å². The van der Waals surface area contributed by atoms with E-state index in [2.05, 4.69) is 10.4 Å². The first kappa shape index (κ1) is 13.1. The van der Waals surface area contributed by atoms with Crippen LogP contribution in [-0.4, -0.2) is 22.8 Å². The number of benzene rings is 1. The van der Waals surface area contributed by atoms with Gasteiger partial charge in [0.2, 0.25) is 0 Å². The number of nitrogens with zero attached hydrogens (tertiary/aromatic N) is 2. The topological polar surface area (TPSA) is 56.2 Å². The summed E-state index contributed by atoms with van der Waals surface area (Å²) < 4.78 is 6.81. The van der Waals surface area contributed by atoms with Crippen LogP contribution in [0.4, 0.5) is 5.69 Å². The maximum atomic E-state index is 12.2.